The lowest BCUT2D eigenvalue weighted by Crippen LogP contribution is -2.23. The predicted octanol–water partition coefficient (Wildman–Crippen LogP) is 7.60. The SMILES string of the molecule is COOCc1ccc2c(C3CCCCC3)c(-c3ccccc3SCCOC3CCCCO3)[nH]c2c1. The van der Waals surface area contributed by atoms with Crippen LogP contribution in [0.3, 0.4) is 0 Å². The van der Waals surface area contributed by atoms with Gasteiger partial charge in [-0.25, -0.2) is 9.78 Å². The van der Waals surface area contributed by atoms with Crippen molar-refractivity contribution >= 4 is 22.7 Å². The Kier molecular flexibility index (Phi) is 8.82. The van der Waals surface area contributed by atoms with Crippen molar-refractivity contribution in [2.75, 3.05) is 26.1 Å². The molecule has 1 aliphatic carbocycles. The minimum atomic E-state index is -0.0255. The molecule has 1 saturated heterocycles. The number of nitrogens with one attached hydrogen (secondary N) is 1. The first-order chi connectivity index (χ1) is 17.3. The van der Waals surface area contributed by atoms with Gasteiger partial charge in [-0.2, -0.15) is 0 Å². The van der Waals surface area contributed by atoms with E-state index >= 15 is 0 Å². The van der Waals surface area contributed by atoms with Crippen molar-refractivity contribution in [1.29, 1.82) is 0 Å². The van der Waals surface area contributed by atoms with E-state index in [0.717, 1.165) is 30.8 Å². The molecule has 2 aliphatic rings. The lowest BCUT2D eigenvalue weighted by atomic mass is 9.82. The van der Waals surface area contributed by atoms with E-state index < -0.39 is 0 Å². The topological polar surface area (TPSA) is 52.7 Å². The van der Waals surface area contributed by atoms with Gasteiger partial charge in [0.1, 0.15) is 6.61 Å². The van der Waals surface area contributed by atoms with Crippen molar-refractivity contribution in [2.45, 2.75) is 75.1 Å². The zero-order valence-corrected chi connectivity index (χ0v) is 21.5. The lowest BCUT2D eigenvalue weighted by Gasteiger charge is -2.24. The molecule has 1 N–H and O–H groups in total. The van der Waals surface area contributed by atoms with Crippen LogP contribution < -0.4 is 0 Å². The van der Waals surface area contributed by atoms with E-state index in [9.17, 15) is 0 Å². The summed E-state index contributed by atoms with van der Waals surface area (Å²) in [6, 6.07) is 15.4. The molecule has 2 aromatic carbocycles. The highest BCUT2D eigenvalue weighted by Crippen LogP contribution is 2.44. The Morgan fingerprint density at radius 2 is 1.86 bits per heavy atom. The quantitative estimate of drug-likeness (QED) is 0.136. The molecular formula is C29H37NO4S. The number of hydrogen-bond acceptors (Lipinski definition) is 5. The maximum Gasteiger partial charge on any atom is 0.157 e. The van der Waals surface area contributed by atoms with Gasteiger partial charge < -0.3 is 14.5 Å². The fourth-order valence-electron chi connectivity index (χ4n) is 5.48. The van der Waals surface area contributed by atoms with E-state index in [1.807, 2.05) is 11.8 Å². The van der Waals surface area contributed by atoms with Crippen molar-refractivity contribution in [3.63, 3.8) is 0 Å². The number of hydrogen-bond donors (Lipinski definition) is 1. The van der Waals surface area contributed by atoms with Crippen LogP contribution in [-0.2, 0) is 25.9 Å². The Balaban J connectivity index is 1.41. The summed E-state index contributed by atoms with van der Waals surface area (Å²) in [5.74, 6) is 1.51. The number of fused-ring (bicyclic) bond motifs is 1. The molecule has 0 amide bonds. The second kappa shape index (κ2) is 12.4. The molecule has 1 saturated carbocycles. The molecule has 0 spiro atoms. The van der Waals surface area contributed by atoms with Gasteiger partial charge in [-0.3, -0.25) is 0 Å². The summed E-state index contributed by atoms with van der Waals surface area (Å²) in [6.45, 7) is 1.97. The van der Waals surface area contributed by atoms with Crippen molar-refractivity contribution in [2.24, 2.45) is 0 Å². The lowest BCUT2D eigenvalue weighted by molar-refractivity contribution is -0.282. The van der Waals surface area contributed by atoms with Crippen LogP contribution in [0.1, 0.15) is 68.4 Å². The summed E-state index contributed by atoms with van der Waals surface area (Å²) in [5, 5.41) is 1.34. The Hall–Kier alpha value is -1.83. The molecule has 1 aliphatic heterocycles. The first-order valence-electron chi connectivity index (χ1n) is 13.1. The average Bonchev–Trinajstić information content (AvgIpc) is 3.30. The van der Waals surface area contributed by atoms with E-state index in [-0.39, 0.29) is 6.29 Å². The molecule has 2 heterocycles. The molecule has 2 fully saturated rings. The number of aromatic amines is 1. The highest BCUT2D eigenvalue weighted by atomic mass is 32.2. The first-order valence-corrected chi connectivity index (χ1v) is 14.1. The number of ether oxygens (including phenoxy) is 2. The smallest absolute Gasteiger partial charge is 0.157 e. The van der Waals surface area contributed by atoms with Gasteiger partial charge in [-0.05, 0) is 61.3 Å². The number of H-pyrrole nitrogens is 1. The molecule has 1 aromatic heterocycles. The van der Waals surface area contributed by atoms with Crippen LogP contribution in [-0.4, -0.2) is 37.4 Å². The summed E-state index contributed by atoms with van der Waals surface area (Å²) in [7, 11) is 1.55. The van der Waals surface area contributed by atoms with Crippen LogP contribution >= 0.6 is 11.8 Å². The average molecular weight is 496 g/mol. The minimum Gasteiger partial charge on any atom is -0.354 e. The Labute approximate surface area is 212 Å². The van der Waals surface area contributed by atoms with Gasteiger partial charge in [-0.1, -0.05) is 49.6 Å². The van der Waals surface area contributed by atoms with Crippen LogP contribution in [0.5, 0.6) is 0 Å². The van der Waals surface area contributed by atoms with E-state index in [2.05, 4.69) is 47.4 Å². The van der Waals surface area contributed by atoms with Crippen molar-refractivity contribution in [3.8, 4) is 11.3 Å². The molecule has 188 valence electrons. The Morgan fingerprint density at radius 1 is 1.00 bits per heavy atom. The van der Waals surface area contributed by atoms with Gasteiger partial charge in [0.25, 0.3) is 0 Å². The van der Waals surface area contributed by atoms with Crippen LogP contribution in [0.25, 0.3) is 22.2 Å². The number of thioether (sulfide) groups is 1. The summed E-state index contributed by atoms with van der Waals surface area (Å²) in [5.41, 5.74) is 6.33. The van der Waals surface area contributed by atoms with Crippen LogP contribution in [0.2, 0.25) is 0 Å². The molecule has 35 heavy (non-hydrogen) atoms. The molecular weight excluding hydrogens is 458 g/mol. The van der Waals surface area contributed by atoms with Crippen molar-refractivity contribution < 1.29 is 19.2 Å². The zero-order chi connectivity index (χ0) is 23.9. The molecule has 1 unspecified atom stereocenters. The first kappa shape index (κ1) is 24.8. The largest absolute Gasteiger partial charge is 0.354 e. The monoisotopic (exact) mass is 495 g/mol. The summed E-state index contributed by atoms with van der Waals surface area (Å²) < 4.78 is 11.7. The third-order valence-corrected chi connectivity index (χ3v) is 8.24. The normalized spacial score (nSPS) is 19.4. The van der Waals surface area contributed by atoms with Gasteiger partial charge in [0.05, 0.1) is 19.4 Å². The molecule has 5 rings (SSSR count). The summed E-state index contributed by atoms with van der Waals surface area (Å²) >= 11 is 1.87. The highest BCUT2D eigenvalue weighted by molar-refractivity contribution is 7.99. The standard InChI is InChI=1S/C29H37NO4S/c1-31-34-20-21-14-15-23-25(19-21)30-29(28(23)22-9-3-2-4-10-22)24-11-5-6-12-26(24)35-18-17-33-27-13-7-8-16-32-27/h5-6,11-12,14-15,19,22,27,30H,2-4,7-10,13,16-18,20H2,1H3. The second-order valence-corrected chi connectivity index (χ2v) is 10.7. The fourth-order valence-corrected chi connectivity index (χ4v) is 6.38. The molecule has 0 bridgehead atoms. The highest BCUT2D eigenvalue weighted by Gasteiger charge is 2.25. The second-order valence-electron chi connectivity index (χ2n) is 9.57. The zero-order valence-electron chi connectivity index (χ0n) is 20.7. The minimum absolute atomic E-state index is 0.0255. The summed E-state index contributed by atoms with van der Waals surface area (Å²) in [4.78, 5) is 15.1. The van der Waals surface area contributed by atoms with Crippen molar-refractivity contribution in [3.05, 3.63) is 53.6 Å². The van der Waals surface area contributed by atoms with E-state index in [4.69, 9.17) is 19.2 Å². The maximum atomic E-state index is 5.99. The molecule has 1 atom stereocenters. The number of rotatable bonds is 10. The summed E-state index contributed by atoms with van der Waals surface area (Å²) in [6.07, 6.45) is 9.84. The molecule has 3 aromatic rings. The van der Waals surface area contributed by atoms with E-state index in [1.165, 1.54) is 71.1 Å². The number of benzene rings is 2. The van der Waals surface area contributed by atoms with Crippen LogP contribution in [0.15, 0.2) is 47.4 Å². The third-order valence-electron chi connectivity index (χ3n) is 7.20. The van der Waals surface area contributed by atoms with Crippen molar-refractivity contribution in [1.82, 2.24) is 4.98 Å². The van der Waals surface area contributed by atoms with E-state index in [1.54, 1.807) is 7.11 Å². The van der Waals surface area contributed by atoms with Gasteiger partial charge in [0.15, 0.2) is 6.29 Å². The van der Waals surface area contributed by atoms with Gasteiger partial charge in [-0.15, -0.1) is 11.8 Å². The predicted molar refractivity (Wildman–Crippen MR) is 142 cm³/mol. The molecule has 5 nitrogen and oxygen atoms in total. The van der Waals surface area contributed by atoms with Gasteiger partial charge >= 0.3 is 0 Å². The maximum absolute atomic E-state index is 5.99. The van der Waals surface area contributed by atoms with Crippen LogP contribution in [0.4, 0.5) is 0 Å². The van der Waals surface area contributed by atoms with Crippen LogP contribution in [0, 0.1) is 0 Å². The fraction of sp³-hybridized carbons (Fsp3) is 0.517. The van der Waals surface area contributed by atoms with E-state index in [0.29, 0.717) is 19.1 Å². The Morgan fingerprint density at radius 3 is 2.69 bits per heavy atom. The third kappa shape index (κ3) is 6.12. The molecule has 6 heteroatoms. The Bertz CT molecular complexity index is 1090. The van der Waals surface area contributed by atoms with Gasteiger partial charge in [0, 0.05) is 33.7 Å². The number of aromatic nitrogens is 1. The van der Waals surface area contributed by atoms with Gasteiger partial charge in [0.2, 0.25) is 0 Å². The molecule has 0 radical (unpaired) electrons.